The number of carbonyl (C=O) groups is 1. The predicted molar refractivity (Wildman–Crippen MR) is 86.7 cm³/mol. The Morgan fingerprint density at radius 3 is 2.57 bits per heavy atom. The molecule has 1 aromatic rings. The molecule has 0 saturated carbocycles. The van der Waals surface area contributed by atoms with Crippen molar-refractivity contribution in [3.8, 4) is 0 Å². The molecule has 4 nitrogen and oxygen atoms in total. The average molecular weight is 290 g/mol. The van der Waals surface area contributed by atoms with Crippen LogP contribution in [-0.4, -0.2) is 24.2 Å². The summed E-state index contributed by atoms with van der Waals surface area (Å²) in [6.45, 7) is 7.02. The van der Waals surface area contributed by atoms with Gasteiger partial charge in [-0.25, -0.2) is 0 Å². The Morgan fingerprint density at radius 2 is 1.95 bits per heavy atom. The molecule has 2 atom stereocenters. The lowest BCUT2D eigenvalue weighted by Crippen LogP contribution is -2.41. The van der Waals surface area contributed by atoms with E-state index in [0.29, 0.717) is 12.5 Å². The zero-order valence-corrected chi connectivity index (χ0v) is 13.2. The molecule has 0 aromatic heterocycles. The first-order valence-corrected chi connectivity index (χ1v) is 7.85. The molecule has 0 bridgehead atoms. The number of rotatable bonds is 5. The SMILES string of the molecule is CCC(=O)Nc1ccc(NC2CCOC(C)(CC)C2)cc1. The molecule has 21 heavy (non-hydrogen) atoms. The van der Waals surface area contributed by atoms with Gasteiger partial charge in [-0.15, -0.1) is 0 Å². The molecule has 1 aliphatic heterocycles. The van der Waals surface area contributed by atoms with Crippen molar-refractivity contribution in [3.05, 3.63) is 24.3 Å². The van der Waals surface area contributed by atoms with Crippen LogP contribution in [0.1, 0.15) is 46.5 Å². The Hall–Kier alpha value is -1.55. The fraction of sp³-hybridized carbons (Fsp3) is 0.588. The highest BCUT2D eigenvalue weighted by atomic mass is 16.5. The molecule has 2 rings (SSSR count). The van der Waals surface area contributed by atoms with E-state index >= 15 is 0 Å². The Labute approximate surface area is 127 Å². The second-order valence-corrected chi connectivity index (χ2v) is 5.97. The predicted octanol–water partition coefficient (Wildman–Crippen LogP) is 3.79. The van der Waals surface area contributed by atoms with Gasteiger partial charge in [-0.1, -0.05) is 13.8 Å². The van der Waals surface area contributed by atoms with Gasteiger partial charge in [-0.3, -0.25) is 4.79 Å². The van der Waals surface area contributed by atoms with Gasteiger partial charge in [0.05, 0.1) is 5.60 Å². The molecular weight excluding hydrogens is 264 g/mol. The summed E-state index contributed by atoms with van der Waals surface area (Å²) in [6.07, 6.45) is 3.59. The summed E-state index contributed by atoms with van der Waals surface area (Å²) in [6, 6.07) is 8.36. The van der Waals surface area contributed by atoms with E-state index < -0.39 is 0 Å². The van der Waals surface area contributed by atoms with Gasteiger partial charge in [-0.2, -0.15) is 0 Å². The van der Waals surface area contributed by atoms with Crippen molar-refractivity contribution in [2.45, 2.75) is 58.1 Å². The van der Waals surface area contributed by atoms with Crippen molar-refractivity contribution in [2.75, 3.05) is 17.2 Å². The topological polar surface area (TPSA) is 50.4 Å². The summed E-state index contributed by atoms with van der Waals surface area (Å²) in [5.41, 5.74) is 1.93. The number of benzene rings is 1. The Morgan fingerprint density at radius 1 is 1.29 bits per heavy atom. The van der Waals surface area contributed by atoms with Gasteiger partial charge in [0.1, 0.15) is 0 Å². The first kappa shape index (κ1) is 15.8. The van der Waals surface area contributed by atoms with E-state index in [1.165, 1.54) is 0 Å². The number of ether oxygens (including phenoxy) is 1. The molecule has 1 amide bonds. The van der Waals surface area contributed by atoms with Gasteiger partial charge in [0.2, 0.25) is 5.91 Å². The van der Waals surface area contributed by atoms with E-state index in [0.717, 1.165) is 37.2 Å². The van der Waals surface area contributed by atoms with Crippen LogP contribution in [0.4, 0.5) is 11.4 Å². The van der Waals surface area contributed by atoms with Gasteiger partial charge in [0, 0.05) is 30.4 Å². The second kappa shape index (κ2) is 6.94. The normalized spacial score (nSPS) is 25.4. The van der Waals surface area contributed by atoms with E-state index in [4.69, 9.17) is 4.74 Å². The molecule has 0 radical (unpaired) electrons. The molecular formula is C17H26N2O2. The number of anilines is 2. The minimum atomic E-state index is -0.00897. The van der Waals surface area contributed by atoms with Gasteiger partial charge >= 0.3 is 0 Å². The number of amides is 1. The highest BCUT2D eigenvalue weighted by Crippen LogP contribution is 2.29. The van der Waals surface area contributed by atoms with Crippen LogP contribution in [0.3, 0.4) is 0 Å². The second-order valence-electron chi connectivity index (χ2n) is 5.97. The van der Waals surface area contributed by atoms with E-state index in [9.17, 15) is 4.79 Å². The Kier molecular flexibility index (Phi) is 5.23. The first-order valence-electron chi connectivity index (χ1n) is 7.85. The van der Waals surface area contributed by atoms with Crippen LogP contribution >= 0.6 is 0 Å². The molecule has 0 spiro atoms. The fourth-order valence-electron chi connectivity index (χ4n) is 2.63. The van der Waals surface area contributed by atoms with Gasteiger partial charge in [-0.05, 0) is 50.5 Å². The van der Waals surface area contributed by atoms with E-state index in [2.05, 4.69) is 24.5 Å². The number of nitrogens with one attached hydrogen (secondary N) is 2. The van der Waals surface area contributed by atoms with Gasteiger partial charge in [0.15, 0.2) is 0 Å². The van der Waals surface area contributed by atoms with Crippen LogP contribution < -0.4 is 10.6 Å². The van der Waals surface area contributed by atoms with Crippen molar-refractivity contribution in [1.82, 2.24) is 0 Å². The lowest BCUT2D eigenvalue weighted by Gasteiger charge is -2.38. The third kappa shape index (κ3) is 4.46. The van der Waals surface area contributed by atoms with Crippen LogP contribution in [0.2, 0.25) is 0 Å². The number of hydrogen-bond acceptors (Lipinski definition) is 3. The monoisotopic (exact) mass is 290 g/mol. The molecule has 1 aromatic carbocycles. The summed E-state index contributed by atoms with van der Waals surface area (Å²) >= 11 is 0. The van der Waals surface area contributed by atoms with Crippen LogP contribution in [0.25, 0.3) is 0 Å². The maximum Gasteiger partial charge on any atom is 0.224 e. The fourth-order valence-corrected chi connectivity index (χ4v) is 2.63. The van der Waals surface area contributed by atoms with E-state index in [1.807, 2.05) is 31.2 Å². The molecule has 1 heterocycles. The Balaban J connectivity index is 1.92. The molecule has 1 fully saturated rings. The van der Waals surface area contributed by atoms with Crippen molar-refractivity contribution < 1.29 is 9.53 Å². The lowest BCUT2D eigenvalue weighted by atomic mass is 9.90. The molecule has 0 aliphatic carbocycles. The van der Waals surface area contributed by atoms with Crippen LogP contribution in [-0.2, 0) is 9.53 Å². The van der Waals surface area contributed by atoms with Crippen LogP contribution in [0, 0.1) is 0 Å². The summed E-state index contributed by atoms with van der Waals surface area (Å²) in [4.78, 5) is 11.3. The number of hydrogen-bond donors (Lipinski definition) is 2. The molecule has 1 saturated heterocycles. The van der Waals surface area contributed by atoms with Crippen LogP contribution in [0.15, 0.2) is 24.3 Å². The molecule has 2 N–H and O–H groups in total. The lowest BCUT2D eigenvalue weighted by molar-refractivity contribution is -0.115. The van der Waals surface area contributed by atoms with Gasteiger partial charge < -0.3 is 15.4 Å². The van der Waals surface area contributed by atoms with Crippen molar-refractivity contribution >= 4 is 17.3 Å². The minimum Gasteiger partial charge on any atom is -0.382 e. The molecule has 1 aliphatic rings. The highest BCUT2D eigenvalue weighted by molar-refractivity contribution is 5.90. The molecule has 116 valence electrons. The highest BCUT2D eigenvalue weighted by Gasteiger charge is 2.31. The quantitative estimate of drug-likeness (QED) is 0.867. The Bertz CT molecular complexity index is 472. The average Bonchev–Trinajstić information content (AvgIpc) is 2.49. The third-order valence-corrected chi connectivity index (χ3v) is 4.20. The summed E-state index contributed by atoms with van der Waals surface area (Å²) in [5.74, 6) is 0.0406. The number of carbonyl (C=O) groups excluding carboxylic acids is 1. The molecule has 4 heteroatoms. The maximum atomic E-state index is 11.3. The van der Waals surface area contributed by atoms with Crippen molar-refractivity contribution in [3.63, 3.8) is 0 Å². The maximum absolute atomic E-state index is 11.3. The smallest absolute Gasteiger partial charge is 0.224 e. The zero-order valence-electron chi connectivity index (χ0n) is 13.2. The summed E-state index contributed by atoms with van der Waals surface area (Å²) < 4.78 is 5.87. The van der Waals surface area contributed by atoms with E-state index in [1.54, 1.807) is 0 Å². The summed E-state index contributed by atoms with van der Waals surface area (Å²) in [7, 11) is 0. The first-order chi connectivity index (χ1) is 10.0. The standard InChI is InChI=1S/C17H26N2O2/c1-4-16(20)19-14-8-6-13(7-9-14)18-15-10-11-21-17(3,5-2)12-15/h6-9,15,18H,4-5,10-12H2,1-3H3,(H,19,20). The molecule has 2 unspecified atom stereocenters. The minimum absolute atomic E-state index is 0.00897. The van der Waals surface area contributed by atoms with Crippen molar-refractivity contribution in [1.29, 1.82) is 0 Å². The van der Waals surface area contributed by atoms with E-state index in [-0.39, 0.29) is 11.5 Å². The van der Waals surface area contributed by atoms with Gasteiger partial charge in [0.25, 0.3) is 0 Å². The summed E-state index contributed by atoms with van der Waals surface area (Å²) in [5, 5.41) is 6.43. The third-order valence-electron chi connectivity index (χ3n) is 4.20. The van der Waals surface area contributed by atoms with Crippen LogP contribution in [0.5, 0.6) is 0 Å². The largest absolute Gasteiger partial charge is 0.382 e. The van der Waals surface area contributed by atoms with Crippen molar-refractivity contribution in [2.24, 2.45) is 0 Å². The zero-order chi connectivity index (χ0) is 15.3.